The average molecular weight is 332 g/mol. The van der Waals surface area contributed by atoms with Crippen LogP contribution in [0.25, 0.3) is 0 Å². The smallest absolute Gasteiger partial charge is 0.330 e. The van der Waals surface area contributed by atoms with Crippen LogP contribution in [0.4, 0.5) is 11.5 Å². The van der Waals surface area contributed by atoms with Crippen molar-refractivity contribution in [1.29, 1.82) is 0 Å². The first-order chi connectivity index (χ1) is 11.5. The Kier molecular flexibility index (Phi) is 5.41. The van der Waals surface area contributed by atoms with Crippen molar-refractivity contribution in [2.45, 2.75) is 25.9 Å². The molecule has 0 spiro atoms. The molecule has 4 N–H and O–H groups in total. The molecule has 0 saturated heterocycles. The summed E-state index contributed by atoms with van der Waals surface area (Å²) in [6, 6.07) is 8.48. The minimum Gasteiger partial charge on any atom is -0.467 e. The number of nitrogens with two attached hydrogens (primary N) is 1. The number of anilines is 2. The van der Waals surface area contributed by atoms with E-state index in [9.17, 15) is 14.4 Å². The van der Waals surface area contributed by atoms with Crippen molar-refractivity contribution in [3.8, 4) is 0 Å². The molecule has 8 heteroatoms. The van der Waals surface area contributed by atoms with Crippen molar-refractivity contribution < 1.29 is 9.53 Å². The van der Waals surface area contributed by atoms with Crippen molar-refractivity contribution in [3.05, 3.63) is 56.7 Å². The van der Waals surface area contributed by atoms with Crippen LogP contribution in [0.3, 0.4) is 0 Å². The summed E-state index contributed by atoms with van der Waals surface area (Å²) in [5.74, 6) is -0.549. The average Bonchev–Trinajstić information content (AvgIpc) is 2.59. The molecule has 0 fully saturated rings. The van der Waals surface area contributed by atoms with Gasteiger partial charge < -0.3 is 15.8 Å². The molecule has 0 aliphatic rings. The molecule has 128 valence electrons. The molecule has 2 rings (SSSR count). The number of hydrogen-bond donors (Lipinski definition) is 3. The third kappa shape index (κ3) is 3.65. The lowest BCUT2D eigenvalue weighted by atomic mass is 10.2. The van der Waals surface area contributed by atoms with Crippen molar-refractivity contribution >= 4 is 17.5 Å². The zero-order valence-corrected chi connectivity index (χ0v) is 13.5. The number of aromatic nitrogens is 2. The fourth-order valence-electron chi connectivity index (χ4n) is 2.29. The number of nitrogen functional groups attached to an aromatic ring is 1. The Morgan fingerprint density at radius 2 is 2.00 bits per heavy atom. The number of hydrogen-bond acceptors (Lipinski definition) is 6. The monoisotopic (exact) mass is 332 g/mol. The molecule has 2 aromatic rings. The highest BCUT2D eigenvalue weighted by Crippen LogP contribution is 2.14. The van der Waals surface area contributed by atoms with E-state index in [4.69, 9.17) is 5.73 Å². The van der Waals surface area contributed by atoms with Crippen LogP contribution in [0.2, 0.25) is 0 Å². The van der Waals surface area contributed by atoms with Crippen LogP contribution in [0, 0.1) is 0 Å². The van der Waals surface area contributed by atoms with Crippen LogP contribution in [0.5, 0.6) is 0 Å². The van der Waals surface area contributed by atoms with Gasteiger partial charge in [0, 0.05) is 0 Å². The number of ether oxygens (including phenoxy) is 1. The SMILES string of the molecule is CCC(Nc1c(N)n(Cc2ccccc2)c(=O)[nH]c1=O)C(=O)OC. The topological polar surface area (TPSA) is 119 Å². The molecule has 1 unspecified atom stereocenters. The first-order valence-corrected chi connectivity index (χ1v) is 7.48. The molecule has 1 heterocycles. The Morgan fingerprint density at radius 1 is 1.33 bits per heavy atom. The minimum atomic E-state index is -0.735. The number of carbonyl (C=O) groups excluding carboxylic acids is 1. The molecule has 8 nitrogen and oxygen atoms in total. The lowest BCUT2D eigenvalue weighted by Crippen LogP contribution is -2.38. The fraction of sp³-hybridized carbons (Fsp3) is 0.312. The van der Waals surface area contributed by atoms with Crippen LogP contribution in [-0.4, -0.2) is 28.7 Å². The van der Waals surface area contributed by atoms with E-state index in [0.29, 0.717) is 6.42 Å². The molecule has 1 aromatic carbocycles. The van der Waals surface area contributed by atoms with Gasteiger partial charge in [0.1, 0.15) is 17.5 Å². The standard InChI is InChI=1S/C16H20N4O4/c1-3-11(15(22)24-2)18-12-13(17)20(16(23)19-14(12)21)9-10-7-5-4-6-8-10/h4-8,11,18H,3,9,17H2,1-2H3,(H,19,21,23). The second-order valence-corrected chi connectivity index (χ2v) is 5.22. The van der Waals surface area contributed by atoms with Crippen LogP contribution in [0.1, 0.15) is 18.9 Å². The van der Waals surface area contributed by atoms with Gasteiger partial charge in [-0.1, -0.05) is 37.3 Å². The minimum absolute atomic E-state index is 0.0252. The van der Waals surface area contributed by atoms with Crippen LogP contribution < -0.4 is 22.3 Å². The van der Waals surface area contributed by atoms with E-state index in [-0.39, 0.29) is 18.1 Å². The second-order valence-electron chi connectivity index (χ2n) is 5.22. The summed E-state index contributed by atoms with van der Waals surface area (Å²) >= 11 is 0. The van der Waals surface area contributed by atoms with Gasteiger partial charge in [-0.3, -0.25) is 14.3 Å². The van der Waals surface area contributed by atoms with Crippen molar-refractivity contribution in [2.24, 2.45) is 0 Å². The quantitative estimate of drug-likeness (QED) is 0.664. The highest BCUT2D eigenvalue weighted by Gasteiger charge is 2.21. The maximum atomic E-state index is 12.1. The van der Waals surface area contributed by atoms with E-state index in [1.165, 1.54) is 11.7 Å². The third-order valence-corrected chi connectivity index (χ3v) is 3.64. The van der Waals surface area contributed by atoms with Crippen LogP contribution in [-0.2, 0) is 16.1 Å². The molecule has 0 amide bonds. The van der Waals surface area contributed by atoms with E-state index >= 15 is 0 Å². The predicted molar refractivity (Wildman–Crippen MR) is 91.0 cm³/mol. The molecule has 1 aromatic heterocycles. The normalized spacial score (nSPS) is 11.8. The van der Waals surface area contributed by atoms with Gasteiger partial charge in [-0.15, -0.1) is 0 Å². The van der Waals surface area contributed by atoms with Crippen molar-refractivity contribution in [1.82, 2.24) is 9.55 Å². The number of nitrogens with zero attached hydrogens (tertiary/aromatic N) is 1. The van der Waals surface area contributed by atoms with E-state index in [1.54, 1.807) is 6.92 Å². The maximum absolute atomic E-state index is 12.1. The van der Waals surface area contributed by atoms with Gasteiger partial charge in [0.05, 0.1) is 13.7 Å². The second kappa shape index (κ2) is 7.49. The summed E-state index contributed by atoms with van der Waals surface area (Å²) in [5.41, 5.74) is 5.54. The summed E-state index contributed by atoms with van der Waals surface area (Å²) in [6.07, 6.45) is 0.392. The maximum Gasteiger partial charge on any atom is 0.330 e. The predicted octanol–water partition coefficient (Wildman–Crippen LogP) is 0.531. The molecule has 0 aliphatic heterocycles. The number of aromatic amines is 1. The molecule has 1 atom stereocenters. The number of H-pyrrole nitrogens is 1. The Labute approximate surface area is 138 Å². The van der Waals surface area contributed by atoms with Crippen LogP contribution in [0.15, 0.2) is 39.9 Å². The Balaban J connectivity index is 2.43. The molecule has 0 radical (unpaired) electrons. The van der Waals surface area contributed by atoms with Gasteiger partial charge >= 0.3 is 11.7 Å². The first kappa shape index (κ1) is 17.3. The van der Waals surface area contributed by atoms with E-state index < -0.39 is 23.3 Å². The van der Waals surface area contributed by atoms with Crippen LogP contribution >= 0.6 is 0 Å². The van der Waals surface area contributed by atoms with E-state index in [0.717, 1.165) is 5.56 Å². The molecule has 24 heavy (non-hydrogen) atoms. The molecule has 0 saturated carbocycles. The lowest BCUT2D eigenvalue weighted by molar-refractivity contribution is -0.141. The molecular formula is C16H20N4O4. The Bertz CT molecular complexity index is 826. The number of methoxy groups -OCH3 is 1. The number of rotatable bonds is 6. The number of benzene rings is 1. The zero-order valence-electron chi connectivity index (χ0n) is 13.5. The molecule has 0 aliphatic carbocycles. The van der Waals surface area contributed by atoms with E-state index in [2.05, 4.69) is 15.0 Å². The Morgan fingerprint density at radius 3 is 2.58 bits per heavy atom. The van der Waals surface area contributed by atoms with Gasteiger partial charge in [0.15, 0.2) is 0 Å². The zero-order chi connectivity index (χ0) is 17.7. The molecule has 0 bridgehead atoms. The van der Waals surface area contributed by atoms with Crippen molar-refractivity contribution in [2.75, 3.05) is 18.2 Å². The van der Waals surface area contributed by atoms with Gasteiger partial charge in [-0.25, -0.2) is 9.59 Å². The first-order valence-electron chi connectivity index (χ1n) is 7.48. The number of esters is 1. The summed E-state index contributed by atoms with van der Waals surface area (Å²) in [4.78, 5) is 38.1. The summed E-state index contributed by atoms with van der Waals surface area (Å²) in [6.45, 7) is 1.96. The lowest BCUT2D eigenvalue weighted by Gasteiger charge is -2.18. The summed E-state index contributed by atoms with van der Waals surface area (Å²) in [7, 11) is 1.26. The Hall–Kier alpha value is -3.03. The highest BCUT2D eigenvalue weighted by atomic mass is 16.5. The fourth-order valence-corrected chi connectivity index (χ4v) is 2.29. The molecular weight excluding hydrogens is 312 g/mol. The summed E-state index contributed by atoms with van der Waals surface area (Å²) < 4.78 is 5.92. The largest absolute Gasteiger partial charge is 0.467 e. The third-order valence-electron chi connectivity index (χ3n) is 3.64. The van der Waals surface area contributed by atoms with Gasteiger partial charge in [-0.05, 0) is 12.0 Å². The summed E-state index contributed by atoms with van der Waals surface area (Å²) in [5, 5.41) is 2.77. The van der Waals surface area contributed by atoms with E-state index in [1.807, 2.05) is 30.3 Å². The van der Waals surface area contributed by atoms with Crippen molar-refractivity contribution in [3.63, 3.8) is 0 Å². The number of carbonyl (C=O) groups is 1. The van der Waals surface area contributed by atoms with Gasteiger partial charge in [-0.2, -0.15) is 0 Å². The van der Waals surface area contributed by atoms with Gasteiger partial charge in [0.25, 0.3) is 5.56 Å². The number of nitrogens with one attached hydrogen (secondary N) is 2. The highest BCUT2D eigenvalue weighted by molar-refractivity contribution is 5.80. The van der Waals surface area contributed by atoms with Gasteiger partial charge in [0.2, 0.25) is 0 Å².